The second-order valence-corrected chi connectivity index (χ2v) is 9.52. The topological polar surface area (TPSA) is 111 Å². The smallest absolute Gasteiger partial charge is 0.252 e. The number of aromatic amines is 1. The highest BCUT2D eigenvalue weighted by Crippen LogP contribution is 2.36. The number of benzene rings is 1. The number of aromatic nitrogens is 5. The minimum absolute atomic E-state index is 0.0339. The minimum atomic E-state index is -0.0906. The summed E-state index contributed by atoms with van der Waals surface area (Å²) in [6, 6.07) is 9.89. The van der Waals surface area contributed by atoms with Gasteiger partial charge in [-0.3, -0.25) is 9.69 Å². The van der Waals surface area contributed by atoms with Crippen LogP contribution in [0.5, 0.6) is 11.5 Å². The van der Waals surface area contributed by atoms with Crippen LogP contribution < -0.4 is 15.0 Å². The van der Waals surface area contributed by atoms with Gasteiger partial charge in [-0.1, -0.05) is 19.8 Å². The number of ether oxygens (including phenoxy) is 2. The minimum Gasteiger partial charge on any atom is -0.486 e. The Balaban J connectivity index is 1.35. The fourth-order valence-corrected chi connectivity index (χ4v) is 5.51. The molecule has 2 aliphatic rings. The fourth-order valence-electron chi connectivity index (χ4n) is 5.51. The molecule has 10 nitrogen and oxygen atoms in total. The lowest BCUT2D eigenvalue weighted by molar-refractivity contribution is 0.112. The maximum absolute atomic E-state index is 13.2. The van der Waals surface area contributed by atoms with E-state index in [-0.39, 0.29) is 11.6 Å². The first kappa shape index (κ1) is 22.8. The summed E-state index contributed by atoms with van der Waals surface area (Å²) < 4.78 is 18.8. The van der Waals surface area contributed by atoms with Crippen LogP contribution in [0.1, 0.15) is 62.2 Å². The first-order chi connectivity index (χ1) is 17.7. The van der Waals surface area contributed by atoms with Crippen LogP contribution in [0.15, 0.2) is 45.8 Å². The molecule has 1 aromatic carbocycles. The average Bonchev–Trinajstić information content (AvgIpc) is 3.67. The van der Waals surface area contributed by atoms with Crippen molar-refractivity contribution in [2.24, 2.45) is 0 Å². The molecule has 0 amide bonds. The predicted molar refractivity (Wildman–Crippen MR) is 132 cm³/mol. The average molecular weight is 491 g/mol. The largest absolute Gasteiger partial charge is 0.486 e. The van der Waals surface area contributed by atoms with Crippen molar-refractivity contribution < 1.29 is 13.9 Å². The molecule has 0 unspecified atom stereocenters. The van der Waals surface area contributed by atoms with Crippen LogP contribution in [-0.4, -0.2) is 49.3 Å². The van der Waals surface area contributed by atoms with E-state index in [0.29, 0.717) is 43.8 Å². The summed E-state index contributed by atoms with van der Waals surface area (Å²) in [5, 5.41) is 13.6. The van der Waals surface area contributed by atoms with Gasteiger partial charge in [0.15, 0.2) is 17.3 Å². The lowest BCUT2D eigenvalue weighted by Crippen LogP contribution is -2.39. The number of hydrogen-bond acceptors (Lipinski definition) is 8. The maximum atomic E-state index is 13.2. The molecular formula is C26H30N6O4. The summed E-state index contributed by atoms with van der Waals surface area (Å²) in [6.45, 7) is 4.15. The van der Waals surface area contributed by atoms with Gasteiger partial charge < -0.3 is 18.9 Å². The van der Waals surface area contributed by atoms with Gasteiger partial charge in [0.25, 0.3) is 5.56 Å². The summed E-state index contributed by atoms with van der Waals surface area (Å²) in [6.07, 6.45) is 7.04. The highest BCUT2D eigenvalue weighted by atomic mass is 16.6. The second-order valence-electron chi connectivity index (χ2n) is 9.52. The van der Waals surface area contributed by atoms with E-state index in [2.05, 4.69) is 32.3 Å². The molecule has 10 heteroatoms. The number of H-pyrrole nitrogens is 1. The Morgan fingerprint density at radius 2 is 1.97 bits per heavy atom. The Labute approximate surface area is 208 Å². The Morgan fingerprint density at radius 1 is 1.17 bits per heavy atom. The zero-order valence-corrected chi connectivity index (χ0v) is 20.4. The van der Waals surface area contributed by atoms with E-state index in [1.54, 1.807) is 6.26 Å². The first-order valence-corrected chi connectivity index (χ1v) is 12.7. The number of hydrogen-bond donors (Lipinski definition) is 1. The van der Waals surface area contributed by atoms with Gasteiger partial charge >= 0.3 is 0 Å². The predicted octanol–water partition coefficient (Wildman–Crippen LogP) is 3.82. The van der Waals surface area contributed by atoms with Gasteiger partial charge in [0.05, 0.1) is 17.8 Å². The number of nitrogens with zero attached hydrogens (tertiary/aromatic N) is 5. The van der Waals surface area contributed by atoms with Crippen LogP contribution in [0, 0.1) is 0 Å². The summed E-state index contributed by atoms with van der Waals surface area (Å²) in [4.78, 5) is 18.7. The molecule has 0 bridgehead atoms. The van der Waals surface area contributed by atoms with Gasteiger partial charge in [-0.2, -0.15) is 0 Å². The van der Waals surface area contributed by atoms with Gasteiger partial charge in [-0.05, 0) is 54.0 Å². The number of fused-ring (bicyclic) bond motifs is 2. The van der Waals surface area contributed by atoms with Gasteiger partial charge in [0, 0.05) is 29.6 Å². The SMILES string of the molecule is CC[C@@H](c1nnnn1Cc1ccco1)N(Cc1cc2cc3c(cc2[nH]c1=O)OCCO3)C1CCCC1. The van der Waals surface area contributed by atoms with Crippen molar-refractivity contribution >= 4 is 10.9 Å². The third-order valence-electron chi connectivity index (χ3n) is 7.26. The highest BCUT2D eigenvalue weighted by molar-refractivity contribution is 5.83. The second kappa shape index (κ2) is 9.77. The standard InChI is InChI=1S/C26H30N6O4/c1-2-22(25-28-29-30-32(25)16-20-8-5-9-34-20)31(19-6-3-4-7-19)15-18-12-17-13-23-24(36-11-10-35-23)14-21(17)27-26(18)33/h5,8-9,12-14,19,22H,2-4,6-7,10-11,15-16H2,1H3,(H,27,33)/t22-/m0/s1. The van der Waals surface area contributed by atoms with E-state index >= 15 is 0 Å². The Bertz CT molecular complexity index is 1390. The Morgan fingerprint density at radius 3 is 2.72 bits per heavy atom. The summed E-state index contributed by atoms with van der Waals surface area (Å²) in [7, 11) is 0. The lowest BCUT2D eigenvalue weighted by Gasteiger charge is -2.35. The zero-order valence-electron chi connectivity index (χ0n) is 20.4. The molecule has 0 saturated heterocycles. The van der Waals surface area contributed by atoms with Gasteiger partial charge in [0.1, 0.15) is 25.5 Å². The van der Waals surface area contributed by atoms with Gasteiger partial charge in [-0.25, -0.2) is 4.68 Å². The molecule has 4 heterocycles. The summed E-state index contributed by atoms with van der Waals surface area (Å²) in [5.74, 6) is 2.96. The molecular weight excluding hydrogens is 460 g/mol. The zero-order chi connectivity index (χ0) is 24.5. The molecule has 0 spiro atoms. The van der Waals surface area contributed by atoms with E-state index in [4.69, 9.17) is 13.9 Å². The Hall–Kier alpha value is -3.66. The lowest BCUT2D eigenvalue weighted by atomic mass is 10.0. The van der Waals surface area contributed by atoms with Gasteiger partial charge in [-0.15, -0.1) is 5.10 Å². The third-order valence-corrected chi connectivity index (χ3v) is 7.26. The van der Waals surface area contributed by atoms with E-state index in [1.807, 2.05) is 35.0 Å². The van der Waals surface area contributed by atoms with Crippen molar-refractivity contribution in [2.75, 3.05) is 13.2 Å². The quantitative estimate of drug-likeness (QED) is 0.397. The number of furan rings is 1. The molecule has 0 radical (unpaired) electrons. The van der Waals surface area contributed by atoms with Crippen LogP contribution in [0.3, 0.4) is 0 Å². The highest BCUT2D eigenvalue weighted by Gasteiger charge is 2.33. The Kier molecular flexibility index (Phi) is 6.18. The van der Waals surface area contributed by atoms with Crippen molar-refractivity contribution in [1.82, 2.24) is 30.1 Å². The molecule has 1 aliphatic carbocycles. The maximum Gasteiger partial charge on any atom is 0.252 e. The normalized spacial score (nSPS) is 16.7. The van der Waals surface area contributed by atoms with Crippen LogP contribution in [0.4, 0.5) is 0 Å². The van der Waals surface area contributed by atoms with Crippen molar-refractivity contribution in [3.63, 3.8) is 0 Å². The monoisotopic (exact) mass is 490 g/mol. The molecule has 4 aromatic rings. The van der Waals surface area contributed by atoms with Gasteiger partial charge in [0.2, 0.25) is 0 Å². The van der Waals surface area contributed by atoms with E-state index in [1.165, 1.54) is 12.8 Å². The van der Waals surface area contributed by atoms with E-state index in [0.717, 1.165) is 47.3 Å². The molecule has 1 N–H and O–H groups in total. The molecule has 188 valence electrons. The fraction of sp³-hybridized carbons (Fsp3) is 0.462. The number of rotatable bonds is 8. The summed E-state index contributed by atoms with van der Waals surface area (Å²) in [5.41, 5.74) is 1.37. The van der Waals surface area contributed by atoms with E-state index in [9.17, 15) is 4.79 Å². The van der Waals surface area contributed by atoms with Crippen molar-refractivity contribution in [2.45, 2.75) is 64.2 Å². The van der Waals surface area contributed by atoms with Crippen LogP contribution in [0.25, 0.3) is 10.9 Å². The molecule has 1 saturated carbocycles. The van der Waals surface area contributed by atoms with E-state index < -0.39 is 0 Å². The van der Waals surface area contributed by atoms with Crippen molar-refractivity contribution in [1.29, 1.82) is 0 Å². The summed E-state index contributed by atoms with van der Waals surface area (Å²) >= 11 is 0. The first-order valence-electron chi connectivity index (χ1n) is 12.7. The van der Waals surface area contributed by atoms with Crippen LogP contribution in [0.2, 0.25) is 0 Å². The molecule has 1 aliphatic heterocycles. The number of tetrazole rings is 1. The number of pyridine rings is 1. The van der Waals surface area contributed by atoms with Crippen molar-refractivity contribution in [3.8, 4) is 11.5 Å². The molecule has 6 rings (SSSR count). The molecule has 36 heavy (non-hydrogen) atoms. The van der Waals surface area contributed by atoms with Crippen molar-refractivity contribution in [3.05, 3.63) is 64.1 Å². The van der Waals surface area contributed by atoms with Crippen LogP contribution >= 0.6 is 0 Å². The molecule has 3 aromatic heterocycles. The third kappa shape index (κ3) is 4.37. The van der Waals surface area contributed by atoms with Crippen LogP contribution in [-0.2, 0) is 13.1 Å². The molecule has 1 atom stereocenters. The molecule has 1 fully saturated rings. The number of nitrogens with one attached hydrogen (secondary N) is 1.